The number of hydrazone groups is 1. The van der Waals surface area contributed by atoms with Gasteiger partial charge in [-0.05, 0) is 81.2 Å². The summed E-state index contributed by atoms with van der Waals surface area (Å²) in [6, 6.07) is 26.9. The highest BCUT2D eigenvalue weighted by Gasteiger charge is 2.20. The third kappa shape index (κ3) is 8.11. The summed E-state index contributed by atoms with van der Waals surface area (Å²) in [5.74, 6) is 1.73. The van der Waals surface area contributed by atoms with Gasteiger partial charge in [0.15, 0.2) is 11.5 Å². The van der Waals surface area contributed by atoms with Crippen LogP contribution in [0.4, 0.5) is 5.69 Å². The zero-order chi connectivity index (χ0) is 30.9. The Morgan fingerprint density at radius 3 is 2.30 bits per heavy atom. The number of benzene rings is 4. The molecule has 8 nitrogen and oxygen atoms in total. The second-order valence-electron chi connectivity index (χ2n) is 10.3. The molecule has 5 rings (SSSR count). The van der Waals surface area contributed by atoms with Crippen LogP contribution in [0.1, 0.15) is 27.0 Å². The van der Waals surface area contributed by atoms with E-state index in [-0.39, 0.29) is 5.91 Å². The van der Waals surface area contributed by atoms with Crippen LogP contribution in [-0.4, -0.2) is 57.4 Å². The number of hydrogen-bond donors (Lipinski definition) is 1. The van der Waals surface area contributed by atoms with E-state index in [0.717, 1.165) is 60.9 Å². The van der Waals surface area contributed by atoms with Crippen LogP contribution in [0.2, 0.25) is 5.02 Å². The van der Waals surface area contributed by atoms with Crippen LogP contribution in [-0.2, 0) is 13.2 Å². The van der Waals surface area contributed by atoms with Crippen molar-refractivity contribution in [1.82, 2.24) is 10.3 Å². The molecule has 1 fully saturated rings. The summed E-state index contributed by atoms with van der Waals surface area (Å²) in [5.41, 5.74) is 7.15. The zero-order valence-electron chi connectivity index (χ0n) is 24.6. The second kappa shape index (κ2) is 15.1. The van der Waals surface area contributed by atoms with Crippen molar-refractivity contribution in [2.24, 2.45) is 5.10 Å². The Bertz CT molecular complexity index is 1590. The fraction of sp³-hybridized carbons (Fsp3) is 0.235. The average molecular weight is 678 g/mol. The number of hydrogen-bond acceptors (Lipinski definition) is 7. The molecule has 0 atom stereocenters. The molecule has 0 saturated carbocycles. The maximum absolute atomic E-state index is 12.7. The van der Waals surface area contributed by atoms with Crippen molar-refractivity contribution in [1.29, 1.82) is 0 Å². The molecule has 0 radical (unpaired) electrons. The van der Waals surface area contributed by atoms with Crippen molar-refractivity contribution in [3.05, 3.63) is 117 Å². The number of carbonyl (C=O) groups excluding carboxylic acids is 1. The molecule has 0 bridgehead atoms. The van der Waals surface area contributed by atoms with Crippen molar-refractivity contribution in [3.8, 4) is 17.2 Å². The number of ether oxygens (including phenoxy) is 3. The van der Waals surface area contributed by atoms with Gasteiger partial charge in [0.25, 0.3) is 5.91 Å². The van der Waals surface area contributed by atoms with E-state index in [1.807, 2.05) is 72.8 Å². The normalized spacial score (nSPS) is 13.6. The molecule has 1 heterocycles. The van der Waals surface area contributed by atoms with Crippen molar-refractivity contribution in [2.75, 3.05) is 45.3 Å². The number of methoxy groups -OCH3 is 2. The van der Waals surface area contributed by atoms with E-state index in [2.05, 4.69) is 42.3 Å². The minimum absolute atomic E-state index is 0.285. The molecule has 1 amide bonds. The van der Waals surface area contributed by atoms with E-state index in [4.69, 9.17) is 25.8 Å². The Labute approximate surface area is 271 Å². The highest BCUT2D eigenvalue weighted by Crippen LogP contribution is 2.37. The zero-order valence-corrected chi connectivity index (χ0v) is 27.0. The molecule has 10 heteroatoms. The Balaban J connectivity index is 1.11. The molecule has 1 aliphatic heterocycles. The van der Waals surface area contributed by atoms with Crippen LogP contribution in [0, 0.1) is 0 Å². The van der Waals surface area contributed by atoms with Gasteiger partial charge in [-0.3, -0.25) is 9.69 Å². The van der Waals surface area contributed by atoms with Crippen molar-refractivity contribution >= 4 is 45.3 Å². The topological polar surface area (TPSA) is 75.6 Å². The summed E-state index contributed by atoms with van der Waals surface area (Å²) < 4.78 is 17.8. The number of amides is 1. The van der Waals surface area contributed by atoms with Crippen LogP contribution in [0.3, 0.4) is 0 Å². The number of halogens is 2. The lowest BCUT2D eigenvalue weighted by Crippen LogP contribution is -2.46. The van der Waals surface area contributed by atoms with Gasteiger partial charge in [-0.2, -0.15) is 5.10 Å². The first-order valence-electron chi connectivity index (χ1n) is 14.2. The molecule has 1 aliphatic rings. The average Bonchev–Trinajstić information content (AvgIpc) is 3.05. The first-order valence-corrected chi connectivity index (χ1v) is 15.4. The summed E-state index contributed by atoms with van der Waals surface area (Å²) in [7, 11) is 3.29. The molecule has 44 heavy (non-hydrogen) atoms. The van der Waals surface area contributed by atoms with Gasteiger partial charge >= 0.3 is 0 Å². The van der Waals surface area contributed by atoms with E-state index in [1.165, 1.54) is 0 Å². The molecule has 0 aromatic heterocycles. The van der Waals surface area contributed by atoms with Gasteiger partial charge in [-0.15, -0.1) is 0 Å². The number of nitrogens with zero attached hydrogens (tertiary/aromatic N) is 3. The largest absolute Gasteiger partial charge is 0.495 e. The molecule has 0 unspecified atom stereocenters. The van der Waals surface area contributed by atoms with E-state index in [1.54, 1.807) is 26.5 Å². The van der Waals surface area contributed by atoms with Crippen LogP contribution < -0.4 is 24.5 Å². The monoisotopic (exact) mass is 676 g/mol. The minimum atomic E-state index is -0.285. The van der Waals surface area contributed by atoms with Crippen LogP contribution in [0.5, 0.6) is 17.2 Å². The molecule has 1 saturated heterocycles. The number of anilines is 1. The van der Waals surface area contributed by atoms with Crippen LogP contribution >= 0.6 is 27.5 Å². The number of piperazine rings is 1. The van der Waals surface area contributed by atoms with Crippen molar-refractivity contribution < 1.29 is 19.0 Å². The fourth-order valence-electron chi connectivity index (χ4n) is 4.98. The second-order valence-corrected chi connectivity index (χ2v) is 11.6. The van der Waals surface area contributed by atoms with Gasteiger partial charge in [0, 0.05) is 43.3 Å². The maximum atomic E-state index is 12.7. The van der Waals surface area contributed by atoms with Crippen LogP contribution in [0.25, 0.3) is 0 Å². The molecule has 1 N–H and O–H groups in total. The van der Waals surface area contributed by atoms with E-state index in [0.29, 0.717) is 33.2 Å². The summed E-state index contributed by atoms with van der Waals surface area (Å²) in [6.45, 7) is 4.95. The summed E-state index contributed by atoms with van der Waals surface area (Å²) in [6.07, 6.45) is 1.56. The standard InChI is InChI=1S/C34H34BrClN4O4/c1-42-31-6-4-3-5-30(31)40-17-15-39(16-18-40)22-24-7-11-27(12-8-24)34(41)38-37-21-26-19-29(35)33(32(20-26)43-2)44-23-25-9-13-28(36)14-10-25/h3-14,19-21H,15-18,22-23H2,1-2H3,(H,38,41)/b37-21-. The maximum Gasteiger partial charge on any atom is 0.271 e. The summed E-state index contributed by atoms with van der Waals surface area (Å²) in [5, 5.41) is 4.82. The van der Waals surface area contributed by atoms with Gasteiger partial charge in [-0.25, -0.2) is 5.43 Å². The van der Waals surface area contributed by atoms with Gasteiger partial charge in [0.05, 0.1) is 30.6 Å². The predicted molar refractivity (Wildman–Crippen MR) is 178 cm³/mol. The molecular formula is C34H34BrClN4O4. The summed E-state index contributed by atoms with van der Waals surface area (Å²) >= 11 is 9.52. The van der Waals surface area contributed by atoms with Gasteiger partial charge in [0.2, 0.25) is 0 Å². The molecule has 0 spiro atoms. The smallest absolute Gasteiger partial charge is 0.271 e. The van der Waals surface area contributed by atoms with Crippen molar-refractivity contribution in [3.63, 3.8) is 0 Å². The lowest BCUT2D eigenvalue weighted by atomic mass is 10.1. The molecule has 0 aliphatic carbocycles. The quantitative estimate of drug-likeness (QED) is 0.139. The minimum Gasteiger partial charge on any atom is -0.495 e. The Morgan fingerprint density at radius 1 is 0.909 bits per heavy atom. The first-order chi connectivity index (χ1) is 21.4. The number of rotatable bonds is 11. The number of nitrogens with one attached hydrogen (secondary N) is 1. The van der Waals surface area contributed by atoms with Crippen molar-refractivity contribution in [2.45, 2.75) is 13.2 Å². The molecule has 4 aromatic rings. The Morgan fingerprint density at radius 2 is 1.59 bits per heavy atom. The molecule has 228 valence electrons. The first kappa shape index (κ1) is 31.4. The third-order valence-corrected chi connectivity index (χ3v) is 8.19. The Kier molecular flexibility index (Phi) is 10.8. The van der Waals surface area contributed by atoms with Crippen LogP contribution in [0.15, 0.2) is 94.5 Å². The lowest BCUT2D eigenvalue weighted by molar-refractivity contribution is 0.0955. The highest BCUT2D eigenvalue weighted by molar-refractivity contribution is 9.10. The Hall–Kier alpha value is -4.05. The fourth-order valence-corrected chi connectivity index (χ4v) is 5.68. The SMILES string of the molecule is COc1ccccc1N1CCN(Cc2ccc(C(=O)N/N=C\c3cc(Br)c(OCc4ccc(Cl)cc4)c(OC)c3)cc2)CC1. The summed E-state index contributed by atoms with van der Waals surface area (Å²) in [4.78, 5) is 17.5. The van der Waals surface area contributed by atoms with E-state index in [9.17, 15) is 4.79 Å². The predicted octanol–water partition coefficient (Wildman–Crippen LogP) is 6.78. The van der Waals surface area contributed by atoms with E-state index < -0.39 is 0 Å². The molecule has 4 aromatic carbocycles. The number of para-hydroxylation sites is 2. The molecular weight excluding hydrogens is 644 g/mol. The van der Waals surface area contributed by atoms with Gasteiger partial charge < -0.3 is 19.1 Å². The highest BCUT2D eigenvalue weighted by atomic mass is 79.9. The third-order valence-electron chi connectivity index (χ3n) is 7.35. The van der Waals surface area contributed by atoms with Gasteiger partial charge in [-0.1, -0.05) is 48.0 Å². The number of carbonyl (C=O) groups is 1. The van der Waals surface area contributed by atoms with Gasteiger partial charge in [0.1, 0.15) is 12.4 Å². The van der Waals surface area contributed by atoms with E-state index >= 15 is 0 Å². The lowest BCUT2D eigenvalue weighted by Gasteiger charge is -2.36.